The molecule has 1 aliphatic rings. The van der Waals surface area contributed by atoms with Gasteiger partial charge in [0.2, 0.25) is 0 Å². The van der Waals surface area contributed by atoms with Gasteiger partial charge in [0.05, 0.1) is 6.20 Å². The van der Waals surface area contributed by atoms with Gasteiger partial charge in [0.15, 0.2) is 0 Å². The van der Waals surface area contributed by atoms with Crippen LogP contribution in [-0.2, 0) is 13.1 Å². The quantitative estimate of drug-likeness (QED) is 0.866. The van der Waals surface area contributed by atoms with Crippen LogP contribution in [0.25, 0.3) is 0 Å². The van der Waals surface area contributed by atoms with E-state index in [0.29, 0.717) is 12.1 Å². The van der Waals surface area contributed by atoms with Crippen molar-refractivity contribution in [1.82, 2.24) is 20.0 Å². The van der Waals surface area contributed by atoms with Crippen LogP contribution in [0, 0.1) is 0 Å². The lowest BCUT2D eigenvalue weighted by Crippen LogP contribution is -2.49. The maximum atomic E-state index is 4.36. The molecule has 1 aliphatic heterocycles. The van der Waals surface area contributed by atoms with Crippen LogP contribution in [0.15, 0.2) is 12.4 Å². The highest BCUT2D eigenvalue weighted by molar-refractivity contribution is 5.04. The van der Waals surface area contributed by atoms with Gasteiger partial charge in [-0.15, -0.1) is 0 Å². The van der Waals surface area contributed by atoms with Crippen molar-refractivity contribution in [1.29, 1.82) is 0 Å². The van der Waals surface area contributed by atoms with Crippen molar-refractivity contribution in [3.05, 3.63) is 18.0 Å². The topological polar surface area (TPSA) is 33.1 Å². The molecule has 4 heteroatoms. The van der Waals surface area contributed by atoms with E-state index >= 15 is 0 Å². The summed E-state index contributed by atoms with van der Waals surface area (Å²) < 4.78 is 2.01. The summed E-state index contributed by atoms with van der Waals surface area (Å²) in [5, 5.41) is 7.77. The molecule has 1 saturated heterocycles. The minimum Gasteiger partial charge on any atom is -0.316 e. The maximum Gasteiger partial charge on any atom is 0.0534 e. The molecular formula is C14H26N4. The van der Waals surface area contributed by atoms with Crippen LogP contribution in [0.3, 0.4) is 0 Å². The fourth-order valence-electron chi connectivity index (χ4n) is 2.87. The summed E-state index contributed by atoms with van der Waals surface area (Å²) in [5.74, 6) is 0. The molecule has 0 bridgehead atoms. The summed E-state index contributed by atoms with van der Waals surface area (Å²) >= 11 is 0. The number of rotatable bonds is 5. The fraction of sp³-hybridized carbons (Fsp3) is 0.786. The van der Waals surface area contributed by atoms with E-state index in [2.05, 4.69) is 42.4 Å². The van der Waals surface area contributed by atoms with Crippen LogP contribution in [0.1, 0.15) is 38.7 Å². The van der Waals surface area contributed by atoms with Gasteiger partial charge in [-0.3, -0.25) is 9.58 Å². The standard InChI is InChI=1S/C14H26N4/c1-4-18-11-13(9-16-18)10-17-8-6-5-7-14(17)12(2)15-3/h9,11-12,14-15H,4-8,10H2,1-3H3. The van der Waals surface area contributed by atoms with Gasteiger partial charge in [-0.2, -0.15) is 5.10 Å². The minimum atomic E-state index is 0.562. The average Bonchev–Trinajstić information content (AvgIpc) is 2.86. The van der Waals surface area contributed by atoms with Crippen LogP contribution >= 0.6 is 0 Å². The largest absolute Gasteiger partial charge is 0.316 e. The maximum absolute atomic E-state index is 4.36. The number of hydrogen-bond donors (Lipinski definition) is 1. The van der Waals surface area contributed by atoms with Crippen LogP contribution < -0.4 is 5.32 Å². The highest BCUT2D eigenvalue weighted by Crippen LogP contribution is 2.21. The fourth-order valence-corrected chi connectivity index (χ4v) is 2.87. The number of nitrogens with one attached hydrogen (secondary N) is 1. The summed E-state index contributed by atoms with van der Waals surface area (Å²) in [6.07, 6.45) is 8.19. The lowest BCUT2D eigenvalue weighted by atomic mass is 9.96. The molecule has 18 heavy (non-hydrogen) atoms. The van der Waals surface area contributed by atoms with Crippen molar-refractivity contribution in [2.45, 2.75) is 58.3 Å². The van der Waals surface area contributed by atoms with Crippen LogP contribution in [-0.4, -0.2) is 40.4 Å². The van der Waals surface area contributed by atoms with Gasteiger partial charge < -0.3 is 5.32 Å². The van der Waals surface area contributed by atoms with E-state index in [1.54, 1.807) is 0 Å². The first-order valence-corrected chi connectivity index (χ1v) is 7.17. The predicted molar refractivity (Wildman–Crippen MR) is 74.5 cm³/mol. The van der Waals surface area contributed by atoms with Gasteiger partial charge in [0.1, 0.15) is 0 Å². The Morgan fingerprint density at radius 3 is 3.00 bits per heavy atom. The molecule has 0 amide bonds. The summed E-state index contributed by atoms with van der Waals surface area (Å²) in [4.78, 5) is 2.61. The molecule has 1 aromatic heterocycles. The van der Waals surface area contributed by atoms with Gasteiger partial charge in [-0.25, -0.2) is 0 Å². The van der Waals surface area contributed by atoms with E-state index in [-0.39, 0.29) is 0 Å². The second-order valence-corrected chi connectivity index (χ2v) is 5.32. The Hall–Kier alpha value is -0.870. The van der Waals surface area contributed by atoms with Crippen molar-refractivity contribution in [2.24, 2.45) is 0 Å². The molecule has 2 rings (SSSR count). The number of hydrogen-bond acceptors (Lipinski definition) is 3. The first kappa shape index (κ1) is 13.6. The van der Waals surface area contributed by atoms with Crippen molar-refractivity contribution < 1.29 is 0 Å². The highest BCUT2D eigenvalue weighted by atomic mass is 15.3. The van der Waals surface area contributed by atoms with Crippen LogP contribution in [0.5, 0.6) is 0 Å². The van der Waals surface area contributed by atoms with Crippen molar-refractivity contribution in [3.8, 4) is 0 Å². The van der Waals surface area contributed by atoms with E-state index in [1.807, 2.05) is 10.9 Å². The zero-order chi connectivity index (χ0) is 13.0. The zero-order valence-corrected chi connectivity index (χ0v) is 11.9. The first-order chi connectivity index (χ1) is 8.74. The zero-order valence-electron chi connectivity index (χ0n) is 11.9. The third-order valence-corrected chi connectivity index (χ3v) is 4.09. The Balaban J connectivity index is 2.00. The van der Waals surface area contributed by atoms with Gasteiger partial charge in [0.25, 0.3) is 0 Å². The second kappa shape index (κ2) is 6.34. The summed E-state index contributed by atoms with van der Waals surface area (Å²) in [7, 11) is 2.06. The SMILES string of the molecule is CCn1cc(CN2CCCCC2C(C)NC)cn1. The summed E-state index contributed by atoms with van der Waals surface area (Å²) in [5.41, 5.74) is 1.34. The Morgan fingerprint density at radius 2 is 2.33 bits per heavy atom. The molecule has 2 unspecified atom stereocenters. The lowest BCUT2D eigenvalue weighted by molar-refractivity contribution is 0.114. The monoisotopic (exact) mass is 250 g/mol. The Morgan fingerprint density at radius 1 is 1.50 bits per heavy atom. The third kappa shape index (κ3) is 3.12. The molecule has 1 fully saturated rings. The molecule has 2 heterocycles. The Labute approximate surface area is 110 Å². The molecule has 102 valence electrons. The smallest absolute Gasteiger partial charge is 0.0534 e. The molecule has 1 N–H and O–H groups in total. The molecule has 0 saturated carbocycles. The Kier molecular flexibility index (Phi) is 4.78. The van der Waals surface area contributed by atoms with Gasteiger partial charge in [-0.05, 0) is 40.3 Å². The van der Waals surface area contributed by atoms with Crippen molar-refractivity contribution in [3.63, 3.8) is 0 Å². The molecule has 0 spiro atoms. The Bertz CT molecular complexity index is 360. The molecule has 0 aromatic carbocycles. The highest BCUT2D eigenvalue weighted by Gasteiger charge is 2.26. The van der Waals surface area contributed by atoms with Crippen molar-refractivity contribution in [2.75, 3.05) is 13.6 Å². The minimum absolute atomic E-state index is 0.562. The van der Waals surface area contributed by atoms with E-state index < -0.39 is 0 Å². The normalized spacial score (nSPS) is 23.2. The average molecular weight is 250 g/mol. The predicted octanol–water partition coefficient (Wildman–Crippen LogP) is 1.87. The third-order valence-electron chi connectivity index (χ3n) is 4.09. The lowest BCUT2D eigenvalue weighted by Gasteiger charge is -2.39. The van der Waals surface area contributed by atoms with Gasteiger partial charge >= 0.3 is 0 Å². The first-order valence-electron chi connectivity index (χ1n) is 7.17. The van der Waals surface area contributed by atoms with E-state index in [4.69, 9.17) is 0 Å². The number of nitrogens with zero attached hydrogens (tertiary/aromatic N) is 3. The van der Waals surface area contributed by atoms with E-state index in [9.17, 15) is 0 Å². The van der Waals surface area contributed by atoms with E-state index in [0.717, 1.165) is 13.1 Å². The van der Waals surface area contributed by atoms with Crippen LogP contribution in [0.4, 0.5) is 0 Å². The number of aromatic nitrogens is 2. The van der Waals surface area contributed by atoms with Gasteiger partial charge in [0, 0.05) is 36.9 Å². The molecule has 0 aliphatic carbocycles. The summed E-state index contributed by atoms with van der Waals surface area (Å²) in [6, 6.07) is 1.22. The number of piperidine rings is 1. The molecule has 4 nitrogen and oxygen atoms in total. The molecular weight excluding hydrogens is 224 g/mol. The second-order valence-electron chi connectivity index (χ2n) is 5.32. The van der Waals surface area contributed by atoms with Crippen LogP contribution in [0.2, 0.25) is 0 Å². The molecule has 1 aromatic rings. The van der Waals surface area contributed by atoms with Gasteiger partial charge in [-0.1, -0.05) is 6.42 Å². The number of likely N-dealkylation sites (N-methyl/N-ethyl adjacent to an activating group) is 1. The van der Waals surface area contributed by atoms with Crippen molar-refractivity contribution >= 4 is 0 Å². The van der Waals surface area contributed by atoms with E-state index in [1.165, 1.54) is 31.4 Å². The summed E-state index contributed by atoms with van der Waals surface area (Å²) in [6.45, 7) is 7.63. The molecule has 0 radical (unpaired) electrons. The number of aryl methyl sites for hydroxylation is 1. The molecule has 2 atom stereocenters. The number of likely N-dealkylation sites (tertiary alicyclic amines) is 1.